The van der Waals surface area contributed by atoms with Crippen LogP contribution < -0.4 is 0 Å². The van der Waals surface area contributed by atoms with Crippen LogP contribution in [0.3, 0.4) is 0 Å². The summed E-state index contributed by atoms with van der Waals surface area (Å²) in [6, 6.07) is 4.20. The van der Waals surface area contributed by atoms with Crippen LogP contribution >= 0.6 is 27.3 Å². The van der Waals surface area contributed by atoms with Gasteiger partial charge >= 0.3 is 0 Å². The molecule has 0 bridgehead atoms. The highest BCUT2D eigenvalue weighted by molar-refractivity contribution is 9.10. The molecule has 2 rings (SSSR count). The number of halogens is 1. The van der Waals surface area contributed by atoms with Crippen LogP contribution in [0.5, 0.6) is 0 Å². The molecule has 0 radical (unpaired) electrons. The minimum Gasteiger partial charge on any atom is -0.241 e. The van der Waals surface area contributed by atoms with Gasteiger partial charge in [-0.3, -0.25) is 0 Å². The van der Waals surface area contributed by atoms with Gasteiger partial charge in [-0.25, -0.2) is 4.98 Å². The average Bonchev–Trinajstić information content (AvgIpc) is 2.56. The first-order chi connectivity index (χ1) is 6.59. The molecule has 1 aromatic heterocycles. The number of thiazole rings is 1. The third kappa shape index (κ3) is 1.59. The summed E-state index contributed by atoms with van der Waals surface area (Å²) in [5, 5.41) is 1.21. The first kappa shape index (κ1) is 10.1. The molecule has 0 aliphatic carbocycles. The molecule has 3 heteroatoms. The SMILES string of the molecule is Cc1ccc2nc(C(C)C)sc2c1Br. The maximum Gasteiger partial charge on any atom is 0.0964 e. The van der Waals surface area contributed by atoms with Gasteiger partial charge in [0.2, 0.25) is 0 Å². The maximum absolute atomic E-state index is 4.60. The molecule has 2 aromatic rings. The fourth-order valence-corrected chi connectivity index (χ4v) is 2.96. The molecular formula is C11H12BrNS. The zero-order valence-corrected chi connectivity index (χ0v) is 10.9. The van der Waals surface area contributed by atoms with E-state index >= 15 is 0 Å². The van der Waals surface area contributed by atoms with E-state index in [1.165, 1.54) is 19.7 Å². The Balaban J connectivity index is 2.71. The van der Waals surface area contributed by atoms with Crippen molar-refractivity contribution >= 4 is 37.5 Å². The average molecular weight is 270 g/mol. The minimum absolute atomic E-state index is 0.514. The molecule has 0 aliphatic rings. The Kier molecular flexibility index (Phi) is 2.62. The fraction of sp³-hybridized carbons (Fsp3) is 0.364. The van der Waals surface area contributed by atoms with Crippen LogP contribution in [-0.4, -0.2) is 4.98 Å². The largest absolute Gasteiger partial charge is 0.241 e. The first-order valence-corrected chi connectivity index (χ1v) is 6.26. The van der Waals surface area contributed by atoms with Gasteiger partial charge in [-0.15, -0.1) is 11.3 Å². The summed E-state index contributed by atoms with van der Waals surface area (Å²) in [6.07, 6.45) is 0. The van der Waals surface area contributed by atoms with Crippen molar-refractivity contribution in [3.05, 3.63) is 27.2 Å². The van der Waals surface area contributed by atoms with Gasteiger partial charge in [-0.1, -0.05) is 19.9 Å². The third-order valence-corrected chi connectivity index (χ3v) is 4.87. The number of aryl methyl sites for hydroxylation is 1. The normalized spacial score (nSPS) is 11.5. The van der Waals surface area contributed by atoms with Gasteiger partial charge in [0.05, 0.1) is 15.2 Å². The van der Waals surface area contributed by atoms with Gasteiger partial charge in [0, 0.05) is 10.4 Å². The zero-order chi connectivity index (χ0) is 10.3. The number of rotatable bonds is 1. The predicted octanol–water partition coefficient (Wildman–Crippen LogP) is 4.49. The first-order valence-electron chi connectivity index (χ1n) is 4.65. The van der Waals surface area contributed by atoms with E-state index < -0.39 is 0 Å². The second kappa shape index (κ2) is 3.63. The monoisotopic (exact) mass is 269 g/mol. The molecule has 14 heavy (non-hydrogen) atoms. The van der Waals surface area contributed by atoms with E-state index in [0.717, 1.165) is 5.52 Å². The maximum atomic E-state index is 4.60. The summed E-state index contributed by atoms with van der Waals surface area (Å²) in [6.45, 7) is 6.47. The Morgan fingerprint density at radius 3 is 2.71 bits per heavy atom. The van der Waals surface area contributed by atoms with E-state index in [1.807, 2.05) is 0 Å². The van der Waals surface area contributed by atoms with Gasteiger partial charge in [0.15, 0.2) is 0 Å². The Hall–Kier alpha value is -0.410. The van der Waals surface area contributed by atoms with Gasteiger partial charge in [0.25, 0.3) is 0 Å². The standard InChI is InChI=1S/C11H12BrNS/c1-6(2)11-13-8-5-4-7(3)9(12)10(8)14-11/h4-6H,1-3H3. The quantitative estimate of drug-likeness (QED) is 0.744. The van der Waals surface area contributed by atoms with Crippen LogP contribution in [0.25, 0.3) is 10.2 Å². The highest BCUT2D eigenvalue weighted by atomic mass is 79.9. The third-order valence-electron chi connectivity index (χ3n) is 2.20. The second-order valence-corrected chi connectivity index (χ2v) is 5.58. The van der Waals surface area contributed by atoms with Crippen LogP contribution in [0.4, 0.5) is 0 Å². The Labute approximate surface area is 96.3 Å². The van der Waals surface area contributed by atoms with E-state index in [2.05, 4.69) is 53.8 Å². The predicted molar refractivity (Wildman–Crippen MR) is 66.1 cm³/mol. The summed E-state index contributed by atoms with van der Waals surface area (Å²) in [7, 11) is 0. The highest BCUT2D eigenvalue weighted by Gasteiger charge is 2.10. The lowest BCUT2D eigenvalue weighted by atomic mass is 10.2. The molecular weight excluding hydrogens is 258 g/mol. The van der Waals surface area contributed by atoms with E-state index in [9.17, 15) is 0 Å². The molecule has 0 saturated heterocycles. The van der Waals surface area contributed by atoms with Crippen molar-refractivity contribution in [1.29, 1.82) is 0 Å². The molecule has 0 fully saturated rings. The Bertz CT molecular complexity index is 473. The van der Waals surface area contributed by atoms with Crippen molar-refractivity contribution in [2.75, 3.05) is 0 Å². The summed E-state index contributed by atoms with van der Waals surface area (Å²) in [5.41, 5.74) is 2.38. The van der Waals surface area contributed by atoms with Gasteiger partial charge < -0.3 is 0 Å². The number of aromatic nitrogens is 1. The zero-order valence-electron chi connectivity index (χ0n) is 8.47. The summed E-state index contributed by atoms with van der Waals surface area (Å²) in [4.78, 5) is 4.60. The van der Waals surface area contributed by atoms with E-state index in [0.29, 0.717) is 5.92 Å². The number of benzene rings is 1. The second-order valence-electron chi connectivity index (χ2n) is 3.75. The van der Waals surface area contributed by atoms with Crippen molar-refractivity contribution in [2.24, 2.45) is 0 Å². The molecule has 1 aromatic carbocycles. The van der Waals surface area contributed by atoms with Gasteiger partial charge in [-0.2, -0.15) is 0 Å². The minimum atomic E-state index is 0.514. The smallest absolute Gasteiger partial charge is 0.0964 e. The molecule has 0 aliphatic heterocycles. The fourth-order valence-electron chi connectivity index (χ4n) is 1.32. The van der Waals surface area contributed by atoms with Crippen molar-refractivity contribution in [2.45, 2.75) is 26.7 Å². The van der Waals surface area contributed by atoms with Crippen LogP contribution in [0.15, 0.2) is 16.6 Å². The lowest BCUT2D eigenvalue weighted by Crippen LogP contribution is -1.82. The number of hydrogen-bond donors (Lipinski definition) is 0. The molecule has 0 unspecified atom stereocenters. The highest BCUT2D eigenvalue weighted by Crippen LogP contribution is 2.34. The molecule has 0 saturated carbocycles. The lowest BCUT2D eigenvalue weighted by molar-refractivity contribution is 0.857. The molecule has 0 spiro atoms. The summed E-state index contributed by atoms with van der Waals surface area (Å²) in [5.74, 6) is 0.514. The number of hydrogen-bond acceptors (Lipinski definition) is 2. The molecule has 0 atom stereocenters. The molecule has 1 heterocycles. The van der Waals surface area contributed by atoms with Crippen molar-refractivity contribution in [3.63, 3.8) is 0 Å². The topological polar surface area (TPSA) is 12.9 Å². The van der Waals surface area contributed by atoms with Crippen molar-refractivity contribution < 1.29 is 0 Å². The Morgan fingerprint density at radius 1 is 1.36 bits per heavy atom. The lowest BCUT2D eigenvalue weighted by Gasteiger charge is -1.96. The molecule has 0 N–H and O–H groups in total. The van der Waals surface area contributed by atoms with Crippen LogP contribution in [0, 0.1) is 6.92 Å². The molecule has 74 valence electrons. The molecule has 1 nitrogen and oxygen atoms in total. The number of fused-ring (bicyclic) bond motifs is 1. The van der Waals surface area contributed by atoms with Gasteiger partial charge in [0.1, 0.15) is 0 Å². The van der Waals surface area contributed by atoms with Crippen LogP contribution in [0.1, 0.15) is 30.3 Å². The Morgan fingerprint density at radius 2 is 2.07 bits per heavy atom. The van der Waals surface area contributed by atoms with E-state index in [4.69, 9.17) is 0 Å². The number of nitrogens with zero attached hydrogens (tertiary/aromatic N) is 1. The van der Waals surface area contributed by atoms with Crippen LogP contribution in [-0.2, 0) is 0 Å². The molecule has 0 amide bonds. The van der Waals surface area contributed by atoms with Crippen molar-refractivity contribution in [1.82, 2.24) is 4.98 Å². The van der Waals surface area contributed by atoms with E-state index in [1.54, 1.807) is 11.3 Å². The van der Waals surface area contributed by atoms with E-state index in [-0.39, 0.29) is 0 Å². The van der Waals surface area contributed by atoms with Gasteiger partial charge in [-0.05, 0) is 34.5 Å². The summed E-state index contributed by atoms with van der Waals surface area (Å²) >= 11 is 5.40. The van der Waals surface area contributed by atoms with Crippen LogP contribution in [0.2, 0.25) is 0 Å². The van der Waals surface area contributed by atoms with Crippen molar-refractivity contribution in [3.8, 4) is 0 Å². The summed E-state index contributed by atoms with van der Waals surface area (Å²) < 4.78 is 2.47.